The van der Waals surface area contributed by atoms with E-state index < -0.39 is 5.82 Å². The predicted molar refractivity (Wildman–Crippen MR) is 125 cm³/mol. The van der Waals surface area contributed by atoms with Gasteiger partial charge in [0.1, 0.15) is 5.82 Å². The van der Waals surface area contributed by atoms with Crippen molar-refractivity contribution in [3.05, 3.63) is 83.3 Å². The Morgan fingerprint density at radius 1 is 1.12 bits per heavy atom. The minimum atomic E-state index is -0.519. The van der Waals surface area contributed by atoms with Crippen LogP contribution in [-0.4, -0.2) is 21.8 Å². The summed E-state index contributed by atoms with van der Waals surface area (Å²) in [4.78, 5) is 34.6. The normalized spacial score (nSPS) is 11.1. The van der Waals surface area contributed by atoms with Crippen LogP contribution < -0.4 is 10.2 Å². The molecule has 2 amide bonds. The number of aromatic nitrogens is 2. The highest BCUT2D eigenvalue weighted by molar-refractivity contribution is 7.14. The van der Waals surface area contributed by atoms with Crippen molar-refractivity contribution in [1.29, 1.82) is 0 Å². The van der Waals surface area contributed by atoms with E-state index in [9.17, 15) is 14.0 Å². The van der Waals surface area contributed by atoms with Crippen LogP contribution in [0.3, 0.4) is 0 Å². The number of carbonyl (C=O) groups is 2. The molecule has 0 fully saturated rings. The molecule has 0 atom stereocenters. The standard InChI is InChI=1S/C24H19FN4O2S/c1-15-9-11-20(18-6-5-13-26-23(15)18)28-22(31)12-10-17-14-32-24(27-17)29(16(2)30)21-8-4-3-7-19(21)25/h3-14H,1-2H3,(H,28,31)/b12-10+. The number of anilines is 3. The molecule has 160 valence electrons. The molecular weight excluding hydrogens is 427 g/mol. The first-order valence-electron chi connectivity index (χ1n) is 9.78. The van der Waals surface area contributed by atoms with Gasteiger partial charge in [0.25, 0.3) is 0 Å². The fourth-order valence-electron chi connectivity index (χ4n) is 3.25. The average molecular weight is 447 g/mol. The number of thiazole rings is 1. The highest BCUT2D eigenvalue weighted by Crippen LogP contribution is 2.31. The first-order chi connectivity index (χ1) is 15.4. The number of halogens is 1. The molecule has 0 aliphatic rings. The summed E-state index contributed by atoms with van der Waals surface area (Å²) >= 11 is 1.18. The highest BCUT2D eigenvalue weighted by atomic mass is 32.1. The lowest BCUT2D eigenvalue weighted by Gasteiger charge is -2.18. The molecule has 0 unspecified atom stereocenters. The second-order valence-corrected chi connectivity index (χ2v) is 7.85. The van der Waals surface area contributed by atoms with Crippen LogP contribution in [0.15, 0.2) is 66.2 Å². The van der Waals surface area contributed by atoms with Crippen molar-refractivity contribution >= 4 is 56.6 Å². The summed E-state index contributed by atoms with van der Waals surface area (Å²) in [6, 6.07) is 13.5. The molecular formula is C24H19FN4O2S. The number of hydrogen-bond donors (Lipinski definition) is 1. The van der Waals surface area contributed by atoms with Crippen molar-refractivity contribution < 1.29 is 14.0 Å². The quantitative estimate of drug-likeness (QED) is 0.412. The largest absolute Gasteiger partial charge is 0.322 e. The van der Waals surface area contributed by atoms with Crippen molar-refractivity contribution in [2.45, 2.75) is 13.8 Å². The van der Waals surface area contributed by atoms with E-state index >= 15 is 0 Å². The molecule has 2 aromatic heterocycles. The summed E-state index contributed by atoms with van der Waals surface area (Å²) in [6.45, 7) is 3.31. The summed E-state index contributed by atoms with van der Waals surface area (Å²) in [7, 11) is 0. The van der Waals surface area contributed by atoms with Gasteiger partial charge >= 0.3 is 0 Å². The van der Waals surface area contributed by atoms with Gasteiger partial charge < -0.3 is 5.32 Å². The van der Waals surface area contributed by atoms with Crippen LogP contribution in [0.4, 0.5) is 20.9 Å². The van der Waals surface area contributed by atoms with E-state index in [-0.39, 0.29) is 17.5 Å². The van der Waals surface area contributed by atoms with Gasteiger partial charge in [-0.15, -0.1) is 11.3 Å². The first-order valence-corrected chi connectivity index (χ1v) is 10.7. The van der Waals surface area contributed by atoms with Crippen molar-refractivity contribution in [2.75, 3.05) is 10.2 Å². The Morgan fingerprint density at radius 2 is 1.94 bits per heavy atom. The fourth-order valence-corrected chi connectivity index (χ4v) is 4.10. The molecule has 0 aliphatic heterocycles. The molecule has 2 aromatic carbocycles. The molecule has 0 aliphatic carbocycles. The third-order valence-electron chi connectivity index (χ3n) is 4.74. The number of para-hydroxylation sites is 1. The molecule has 6 nitrogen and oxygen atoms in total. The van der Waals surface area contributed by atoms with E-state index in [2.05, 4.69) is 15.3 Å². The lowest BCUT2D eigenvalue weighted by molar-refractivity contribution is -0.116. The van der Waals surface area contributed by atoms with E-state index in [1.54, 1.807) is 29.8 Å². The molecule has 2 heterocycles. The van der Waals surface area contributed by atoms with Gasteiger partial charge in [0, 0.05) is 30.0 Å². The second kappa shape index (κ2) is 9.07. The summed E-state index contributed by atoms with van der Waals surface area (Å²) < 4.78 is 14.2. The molecule has 32 heavy (non-hydrogen) atoms. The molecule has 4 aromatic rings. The number of pyridine rings is 1. The summed E-state index contributed by atoms with van der Waals surface area (Å²) in [5.41, 5.74) is 3.13. The number of rotatable bonds is 5. The Labute approximate surface area is 188 Å². The van der Waals surface area contributed by atoms with Gasteiger partial charge in [-0.1, -0.05) is 18.2 Å². The predicted octanol–water partition coefficient (Wildman–Crippen LogP) is 5.48. The Bertz CT molecular complexity index is 1350. The lowest BCUT2D eigenvalue weighted by atomic mass is 10.1. The van der Waals surface area contributed by atoms with Crippen LogP contribution in [0.2, 0.25) is 0 Å². The molecule has 0 radical (unpaired) electrons. The van der Waals surface area contributed by atoms with Gasteiger partial charge in [-0.3, -0.25) is 19.5 Å². The monoisotopic (exact) mass is 446 g/mol. The van der Waals surface area contributed by atoms with E-state index in [0.29, 0.717) is 16.5 Å². The van der Waals surface area contributed by atoms with Gasteiger partial charge in [0.05, 0.1) is 22.6 Å². The van der Waals surface area contributed by atoms with Crippen LogP contribution in [0.1, 0.15) is 18.2 Å². The number of aryl methyl sites for hydroxylation is 1. The van der Waals surface area contributed by atoms with Gasteiger partial charge in [0.15, 0.2) is 5.13 Å². The SMILES string of the molecule is CC(=O)N(c1nc(/C=C/C(=O)Nc2ccc(C)c3ncccc23)cs1)c1ccccc1F. The topological polar surface area (TPSA) is 75.2 Å². The number of nitrogens with one attached hydrogen (secondary N) is 1. The minimum Gasteiger partial charge on any atom is -0.322 e. The molecule has 0 saturated heterocycles. The van der Waals surface area contributed by atoms with Crippen molar-refractivity contribution in [3.8, 4) is 0 Å². The Kier molecular flexibility index (Phi) is 6.04. The van der Waals surface area contributed by atoms with Crippen LogP contribution in [0, 0.1) is 12.7 Å². The second-order valence-electron chi connectivity index (χ2n) is 7.01. The third kappa shape index (κ3) is 4.40. The maximum atomic E-state index is 14.2. The molecule has 0 spiro atoms. The number of fused-ring (bicyclic) bond motifs is 1. The third-order valence-corrected chi connectivity index (χ3v) is 5.59. The van der Waals surface area contributed by atoms with Gasteiger partial charge in [0.2, 0.25) is 11.8 Å². The number of carbonyl (C=O) groups excluding carboxylic acids is 2. The summed E-state index contributed by atoms with van der Waals surface area (Å²) in [5.74, 6) is -1.21. The zero-order valence-corrected chi connectivity index (χ0v) is 18.2. The molecule has 0 saturated carbocycles. The molecule has 4 rings (SSSR count). The maximum absolute atomic E-state index is 14.2. The van der Waals surface area contributed by atoms with Crippen LogP contribution in [-0.2, 0) is 9.59 Å². The van der Waals surface area contributed by atoms with Gasteiger partial charge in [-0.2, -0.15) is 0 Å². The minimum absolute atomic E-state index is 0.127. The van der Waals surface area contributed by atoms with Gasteiger partial charge in [-0.05, 0) is 48.9 Å². The van der Waals surface area contributed by atoms with Crippen molar-refractivity contribution in [2.24, 2.45) is 0 Å². The number of benzene rings is 2. The van der Waals surface area contributed by atoms with E-state index in [1.807, 2.05) is 31.2 Å². The maximum Gasteiger partial charge on any atom is 0.248 e. The van der Waals surface area contributed by atoms with E-state index in [4.69, 9.17) is 0 Å². The Balaban J connectivity index is 1.53. The van der Waals surface area contributed by atoms with Gasteiger partial charge in [-0.25, -0.2) is 9.37 Å². The number of nitrogens with zero attached hydrogens (tertiary/aromatic N) is 3. The summed E-state index contributed by atoms with van der Waals surface area (Å²) in [6.07, 6.45) is 4.62. The van der Waals surface area contributed by atoms with Crippen LogP contribution in [0.25, 0.3) is 17.0 Å². The average Bonchev–Trinajstić information content (AvgIpc) is 3.24. The molecule has 8 heteroatoms. The van der Waals surface area contributed by atoms with Crippen molar-refractivity contribution in [1.82, 2.24) is 9.97 Å². The van der Waals surface area contributed by atoms with E-state index in [0.717, 1.165) is 16.5 Å². The van der Waals surface area contributed by atoms with Crippen LogP contribution in [0.5, 0.6) is 0 Å². The summed E-state index contributed by atoms with van der Waals surface area (Å²) in [5, 5.41) is 5.73. The van der Waals surface area contributed by atoms with E-state index in [1.165, 1.54) is 41.4 Å². The first kappa shape index (κ1) is 21.3. The van der Waals surface area contributed by atoms with Crippen molar-refractivity contribution in [3.63, 3.8) is 0 Å². The molecule has 1 N–H and O–H groups in total. The zero-order chi connectivity index (χ0) is 22.7. The number of amides is 2. The Morgan fingerprint density at radius 3 is 2.72 bits per heavy atom. The Hall–Kier alpha value is -3.91. The number of hydrogen-bond acceptors (Lipinski definition) is 5. The molecule has 0 bridgehead atoms. The smallest absolute Gasteiger partial charge is 0.248 e. The highest BCUT2D eigenvalue weighted by Gasteiger charge is 2.20. The lowest BCUT2D eigenvalue weighted by Crippen LogP contribution is -2.23. The zero-order valence-electron chi connectivity index (χ0n) is 17.4. The fraction of sp³-hybridized carbons (Fsp3) is 0.0833. The van der Waals surface area contributed by atoms with Crippen LogP contribution >= 0.6 is 11.3 Å².